The zero-order valence-electron chi connectivity index (χ0n) is 11.9. The average molecular weight is 330 g/mol. The first-order chi connectivity index (χ1) is 10.7. The summed E-state index contributed by atoms with van der Waals surface area (Å²) >= 11 is 0. The minimum atomic E-state index is -4.88. The van der Waals surface area contributed by atoms with Crippen molar-refractivity contribution >= 4 is 23.6 Å². The first-order valence-corrected chi connectivity index (χ1v) is 6.53. The second-order valence-electron chi connectivity index (χ2n) is 4.70. The highest BCUT2D eigenvalue weighted by atomic mass is 19.4. The monoisotopic (exact) mass is 330 g/mol. The maximum absolute atomic E-state index is 12.3. The van der Waals surface area contributed by atoms with Gasteiger partial charge in [-0.3, -0.25) is 15.4 Å². The number of urea groups is 1. The fourth-order valence-electron chi connectivity index (χ4n) is 1.86. The molecule has 1 aromatic carbocycles. The Morgan fingerprint density at radius 1 is 1.35 bits per heavy atom. The van der Waals surface area contributed by atoms with E-state index in [2.05, 4.69) is 25.7 Å². The summed E-state index contributed by atoms with van der Waals surface area (Å²) in [5.74, 6) is -0.942. The number of hydrogen-bond donors (Lipinski definition) is 3. The standard InChI is InChI=1S/C13H13F3N4O3/c1-7-6-10(21)19-11(17-7)20-12(22)18-8-4-2-3-5-9(8)23-13(14,15)16/h2-5,7H,6H2,1H3,(H3,17,18,19,20,21,22). The van der Waals surface area contributed by atoms with E-state index in [0.29, 0.717) is 0 Å². The van der Waals surface area contributed by atoms with Crippen molar-refractivity contribution in [3.63, 3.8) is 0 Å². The van der Waals surface area contributed by atoms with Crippen LogP contribution in [0.25, 0.3) is 0 Å². The number of benzene rings is 1. The van der Waals surface area contributed by atoms with Crippen molar-refractivity contribution in [2.24, 2.45) is 4.99 Å². The molecule has 0 saturated heterocycles. The second kappa shape index (κ2) is 6.55. The third-order valence-corrected chi connectivity index (χ3v) is 2.68. The van der Waals surface area contributed by atoms with Crippen LogP contribution in [0.15, 0.2) is 29.3 Å². The van der Waals surface area contributed by atoms with Gasteiger partial charge in [-0.1, -0.05) is 12.1 Å². The Labute approximate surface area is 128 Å². The van der Waals surface area contributed by atoms with E-state index in [1.165, 1.54) is 18.2 Å². The Bertz CT molecular complexity index is 646. The van der Waals surface area contributed by atoms with E-state index in [9.17, 15) is 22.8 Å². The normalized spacial score (nSPS) is 17.8. The summed E-state index contributed by atoms with van der Waals surface area (Å²) in [6, 6.07) is 3.89. The molecule has 0 bridgehead atoms. The van der Waals surface area contributed by atoms with Gasteiger partial charge in [0.15, 0.2) is 5.75 Å². The number of nitrogens with one attached hydrogen (secondary N) is 3. The third kappa shape index (κ3) is 5.16. The van der Waals surface area contributed by atoms with Crippen LogP contribution in [-0.2, 0) is 4.79 Å². The average Bonchev–Trinajstić information content (AvgIpc) is 2.38. The molecule has 1 aliphatic heterocycles. The molecule has 1 atom stereocenters. The van der Waals surface area contributed by atoms with Crippen LogP contribution in [0, 0.1) is 0 Å². The molecule has 0 radical (unpaired) electrons. The molecule has 0 aliphatic carbocycles. The molecule has 1 unspecified atom stereocenters. The molecule has 7 nitrogen and oxygen atoms in total. The molecule has 3 N–H and O–H groups in total. The van der Waals surface area contributed by atoms with Crippen LogP contribution in [0.2, 0.25) is 0 Å². The number of para-hydroxylation sites is 2. The Balaban J connectivity index is 2.05. The van der Waals surface area contributed by atoms with Crippen molar-refractivity contribution in [2.75, 3.05) is 5.32 Å². The van der Waals surface area contributed by atoms with Crippen molar-refractivity contribution < 1.29 is 27.5 Å². The maximum Gasteiger partial charge on any atom is 0.573 e. The van der Waals surface area contributed by atoms with E-state index in [-0.39, 0.29) is 30.0 Å². The van der Waals surface area contributed by atoms with Crippen LogP contribution in [0.4, 0.5) is 23.7 Å². The van der Waals surface area contributed by atoms with Gasteiger partial charge in [0.2, 0.25) is 11.9 Å². The summed E-state index contributed by atoms with van der Waals surface area (Å²) in [7, 11) is 0. The van der Waals surface area contributed by atoms with Crippen LogP contribution in [0.1, 0.15) is 13.3 Å². The summed E-state index contributed by atoms with van der Waals surface area (Å²) in [6.07, 6.45) is -4.69. The Morgan fingerprint density at radius 2 is 2.04 bits per heavy atom. The van der Waals surface area contributed by atoms with Gasteiger partial charge in [0.25, 0.3) is 0 Å². The van der Waals surface area contributed by atoms with Crippen LogP contribution in [0.3, 0.4) is 0 Å². The Hall–Kier alpha value is -2.78. The smallest absolute Gasteiger partial charge is 0.404 e. The summed E-state index contributed by atoms with van der Waals surface area (Å²) in [4.78, 5) is 27.1. The lowest BCUT2D eigenvalue weighted by atomic mass is 10.2. The highest BCUT2D eigenvalue weighted by Gasteiger charge is 2.32. The Kier molecular flexibility index (Phi) is 4.72. The van der Waals surface area contributed by atoms with Crippen molar-refractivity contribution in [1.82, 2.24) is 10.6 Å². The molecule has 23 heavy (non-hydrogen) atoms. The van der Waals surface area contributed by atoms with Gasteiger partial charge in [0.05, 0.1) is 11.7 Å². The maximum atomic E-state index is 12.3. The van der Waals surface area contributed by atoms with Gasteiger partial charge in [-0.25, -0.2) is 9.79 Å². The van der Waals surface area contributed by atoms with Gasteiger partial charge in [-0.2, -0.15) is 0 Å². The van der Waals surface area contributed by atoms with Crippen LogP contribution in [-0.4, -0.2) is 30.3 Å². The number of halogens is 3. The largest absolute Gasteiger partial charge is 0.573 e. The van der Waals surface area contributed by atoms with E-state index in [4.69, 9.17) is 0 Å². The quantitative estimate of drug-likeness (QED) is 0.774. The molecular weight excluding hydrogens is 317 g/mol. The number of alkyl halides is 3. The zero-order chi connectivity index (χ0) is 17.0. The van der Waals surface area contributed by atoms with Gasteiger partial charge in [0.1, 0.15) is 0 Å². The molecule has 0 saturated carbocycles. The minimum Gasteiger partial charge on any atom is -0.404 e. The molecule has 0 aromatic heterocycles. The van der Waals surface area contributed by atoms with Crippen LogP contribution >= 0.6 is 0 Å². The number of guanidine groups is 1. The first kappa shape index (κ1) is 16.6. The molecule has 0 spiro atoms. The number of anilines is 1. The van der Waals surface area contributed by atoms with E-state index in [1.807, 2.05) is 0 Å². The highest BCUT2D eigenvalue weighted by molar-refractivity contribution is 6.08. The lowest BCUT2D eigenvalue weighted by molar-refractivity contribution is -0.274. The van der Waals surface area contributed by atoms with E-state index in [1.54, 1.807) is 6.92 Å². The molecule has 0 fully saturated rings. The molecule has 124 valence electrons. The van der Waals surface area contributed by atoms with E-state index in [0.717, 1.165) is 6.07 Å². The summed E-state index contributed by atoms with van der Waals surface area (Å²) in [6.45, 7) is 1.69. The van der Waals surface area contributed by atoms with Crippen molar-refractivity contribution in [3.8, 4) is 5.75 Å². The van der Waals surface area contributed by atoms with Crippen LogP contribution < -0.4 is 20.7 Å². The number of amides is 3. The number of hydrogen-bond acceptors (Lipinski definition) is 4. The summed E-state index contributed by atoms with van der Waals surface area (Å²) in [5, 5.41) is 6.80. The lowest BCUT2D eigenvalue weighted by Gasteiger charge is -2.19. The van der Waals surface area contributed by atoms with Crippen molar-refractivity contribution in [2.45, 2.75) is 25.7 Å². The summed E-state index contributed by atoms with van der Waals surface area (Å²) < 4.78 is 40.7. The van der Waals surface area contributed by atoms with Gasteiger partial charge in [-0.05, 0) is 19.1 Å². The molecule has 10 heteroatoms. The number of rotatable bonds is 2. The number of carbonyl (C=O) groups excluding carboxylic acids is 2. The fraction of sp³-hybridized carbons (Fsp3) is 0.308. The van der Waals surface area contributed by atoms with Gasteiger partial charge in [0, 0.05) is 6.42 Å². The Morgan fingerprint density at radius 3 is 2.70 bits per heavy atom. The number of nitrogens with zero attached hydrogens (tertiary/aromatic N) is 1. The van der Waals surface area contributed by atoms with Gasteiger partial charge in [-0.15, -0.1) is 13.2 Å². The first-order valence-electron chi connectivity index (χ1n) is 6.53. The molecule has 1 aliphatic rings. The van der Waals surface area contributed by atoms with Gasteiger partial charge >= 0.3 is 12.4 Å². The highest BCUT2D eigenvalue weighted by Crippen LogP contribution is 2.29. The minimum absolute atomic E-state index is 0.0690. The molecule has 2 rings (SSSR count). The number of carbonyl (C=O) groups is 2. The summed E-state index contributed by atoms with van der Waals surface area (Å²) in [5.41, 5.74) is -0.182. The molecular formula is C13H13F3N4O3. The van der Waals surface area contributed by atoms with E-state index < -0.39 is 18.1 Å². The molecule has 1 heterocycles. The van der Waals surface area contributed by atoms with Crippen LogP contribution in [0.5, 0.6) is 5.75 Å². The molecule has 3 amide bonds. The zero-order valence-corrected chi connectivity index (χ0v) is 11.9. The fourth-order valence-corrected chi connectivity index (χ4v) is 1.86. The van der Waals surface area contributed by atoms with Gasteiger partial charge < -0.3 is 10.1 Å². The molecule has 1 aromatic rings. The third-order valence-electron chi connectivity index (χ3n) is 2.68. The predicted octanol–water partition coefficient (Wildman–Crippen LogP) is 1.97. The second-order valence-corrected chi connectivity index (χ2v) is 4.70. The topological polar surface area (TPSA) is 91.8 Å². The van der Waals surface area contributed by atoms with Crippen molar-refractivity contribution in [1.29, 1.82) is 0 Å². The van der Waals surface area contributed by atoms with E-state index >= 15 is 0 Å². The lowest BCUT2D eigenvalue weighted by Crippen LogP contribution is -2.49. The van der Waals surface area contributed by atoms with Crippen molar-refractivity contribution in [3.05, 3.63) is 24.3 Å². The number of aliphatic imine (C=N–C) groups is 1. The SMILES string of the molecule is CC1CC(=O)NC(NC(=O)Nc2ccccc2OC(F)(F)F)=N1. The predicted molar refractivity (Wildman–Crippen MR) is 74.9 cm³/mol. The number of ether oxygens (including phenoxy) is 1.